The highest BCUT2D eigenvalue weighted by Crippen LogP contribution is 2.34. The van der Waals surface area contributed by atoms with Crippen molar-refractivity contribution in [3.05, 3.63) is 0 Å². The summed E-state index contributed by atoms with van der Waals surface area (Å²) in [5.74, 6) is 0. The van der Waals surface area contributed by atoms with Crippen molar-refractivity contribution in [2.24, 2.45) is 0 Å². The van der Waals surface area contributed by atoms with Gasteiger partial charge in [0.2, 0.25) is 0 Å². The Balaban J connectivity index is 3.99. The predicted octanol–water partition coefficient (Wildman–Crippen LogP) is 0.672. The summed E-state index contributed by atoms with van der Waals surface area (Å²) in [6, 6.07) is -0.199. The van der Waals surface area contributed by atoms with E-state index in [9.17, 15) is 9.36 Å². The van der Waals surface area contributed by atoms with Crippen LogP contribution >= 0.6 is 7.60 Å². The maximum absolute atomic E-state index is 10.6. The maximum atomic E-state index is 10.6. The molecule has 66 valence electrons. The Bertz CT molecular complexity index is 187. The fourth-order valence-electron chi connectivity index (χ4n) is 0.397. The van der Waals surface area contributed by atoms with E-state index in [0.717, 1.165) is 0 Å². The van der Waals surface area contributed by atoms with Gasteiger partial charge in [-0.05, 0) is 13.3 Å². The zero-order valence-corrected chi connectivity index (χ0v) is 7.34. The molecule has 0 rings (SSSR count). The van der Waals surface area contributed by atoms with E-state index < -0.39 is 13.2 Å². The summed E-state index contributed by atoms with van der Waals surface area (Å²) in [5, 5.41) is 2.17. The molecule has 0 aromatic heterocycles. The normalized spacial score (nSPS) is 14.2. The van der Waals surface area contributed by atoms with E-state index in [2.05, 4.69) is 5.32 Å². The quantitative estimate of drug-likeness (QED) is 0.558. The molecule has 0 aliphatic heterocycles. The van der Waals surface area contributed by atoms with Crippen LogP contribution in [0, 0.1) is 0 Å². The van der Waals surface area contributed by atoms with E-state index in [-0.39, 0.29) is 6.04 Å². The Morgan fingerprint density at radius 1 is 1.64 bits per heavy atom. The number of nitrogens with one attached hydrogen (secondary N) is 1. The second-order valence-electron chi connectivity index (χ2n) is 2.30. The fraction of sp³-hybridized carbons (Fsp3) is 0.800. The van der Waals surface area contributed by atoms with Crippen LogP contribution in [0.1, 0.15) is 20.3 Å². The van der Waals surface area contributed by atoms with Gasteiger partial charge in [0.05, 0.1) is 0 Å². The molecule has 11 heavy (non-hydrogen) atoms. The minimum Gasteiger partial charge on any atom is -0.343 e. The molecule has 5 nitrogen and oxygen atoms in total. The first-order valence-corrected chi connectivity index (χ1v) is 4.85. The van der Waals surface area contributed by atoms with Gasteiger partial charge in [-0.1, -0.05) is 6.92 Å². The molecule has 0 bridgehead atoms. The van der Waals surface area contributed by atoms with Crippen molar-refractivity contribution < 1.29 is 19.1 Å². The molecule has 0 spiro atoms. The van der Waals surface area contributed by atoms with Crippen LogP contribution in [0.4, 0.5) is 4.79 Å². The molecule has 1 amide bonds. The van der Waals surface area contributed by atoms with Gasteiger partial charge in [-0.2, -0.15) is 0 Å². The van der Waals surface area contributed by atoms with Crippen LogP contribution in [0.3, 0.4) is 0 Å². The minimum absolute atomic E-state index is 0.199. The molecule has 6 heteroatoms. The van der Waals surface area contributed by atoms with Crippen LogP contribution in [0.5, 0.6) is 0 Å². The smallest absolute Gasteiger partial charge is 0.343 e. The predicted molar refractivity (Wildman–Crippen MR) is 40.3 cm³/mol. The van der Waals surface area contributed by atoms with Crippen molar-refractivity contribution in [2.45, 2.75) is 26.3 Å². The Kier molecular flexibility index (Phi) is 3.72. The number of carbonyl (C=O) groups is 1. The average molecular weight is 181 g/mol. The van der Waals surface area contributed by atoms with E-state index in [1.807, 2.05) is 6.92 Å². The molecule has 0 radical (unpaired) electrons. The number of hydrogen-bond acceptors (Lipinski definition) is 2. The molecule has 0 saturated heterocycles. The second kappa shape index (κ2) is 3.85. The van der Waals surface area contributed by atoms with Crippen LogP contribution < -0.4 is 5.32 Å². The van der Waals surface area contributed by atoms with E-state index in [1.165, 1.54) is 0 Å². The number of amides is 1. The third kappa shape index (κ3) is 4.14. The summed E-state index contributed by atoms with van der Waals surface area (Å²) in [5.41, 5.74) is -1.20. The first-order chi connectivity index (χ1) is 4.88. The Labute approximate surface area is 65.0 Å². The molecular weight excluding hydrogens is 169 g/mol. The van der Waals surface area contributed by atoms with E-state index >= 15 is 0 Å². The first kappa shape index (κ1) is 10.6. The van der Waals surface area contributed by atoms with Crippen molar-refractivity contribution in [1.82, 2.24) is 5.32 Å². The van der Waals surface area contributed by atoms with Crippen molar-refractivity contribution >= 4 is 13.2 Å². The van der Waals surface area contributed by atoms with Gasteiger partial charge in [0.25, 0.3) is 0 Å². The van der Waals surface area contributed by atoms with Crippen LogP contribution in [0.2, 0.25) is 0 Å². The zero-order valence-electron chi connectivity index (χ0n) is 6.44. The van der Waals surface area contributed by atoms with E-state index in [0.29, 0.717) is 6.42 Å². The van der Waals surface area contributed by atoms with Crippen molar-refractivity contribution in [3.63, 3.8) is 0 Å². The van der Waals surface area contributed by atoms with Crippen molar-refractivity contribution in [3.8, 4) is 0 Å². The van der Waals surface area contributed by atoms with E-state index in [1.54, 1.807) is 6.92 Å². The summed E-state index contributed by atoms with van der Waals surface area (Å²) in [7, 11) is -4.57. The molecule has 0 saturated carbocycles. The molecule has 1 atom stereocenters. The molecule has 0 aliphatic rings. The molecular formula is C5H12NO4P. The third-order valence-electron chi connectivity index (χ3n) is 1.25. The van der Waals surface area contributed by atoms with Gasteiger partial charge in [0, 0.05) is 6.04 Å². The highest BCUT2D eigenvalue weighted by molar-refractivity contribution is 7.69. The van der Waals surface area contributed by atoms with Gasteiger partial charge >= 0.3 is 13.2 Å². The van der Waals surface area contributed by atoms with E-state index in [4.69, 9.17) is 9.79 Å². The van der Waals surface area contributed by atoms with Gasteiger partial charge in [-0.25, -0.2) is 4.57 Å². The molecule has 3 N–H and O–H groups in total. The topological polar surface area (TPSA) is 86.6 Å². The van der Waals surface area contributed by atoms with Gasteiger partial charge in [0.1, 0.15) is 0 Å². The van der Waals surface area contributed by atoms with Crippen LogP contribution in [0.25, 0.3) is 0 Å². The van der Waals surface area contributed by atoms with Gasteiger partial charge in [0.15, 0.2) is 0 Å². The first-order valence-electron chi connectivity index (χ1n) is 3.24. The lowest BCUT2D eigenvalue weighted by Crippen LogP contribution is -2.30. The lowest BCUT2D eigenvalue weighted by Gasteiger charge is -2.11. The van der Waals surface area contributed by atoms with Gasteiger partial charge in [-0.3, -0.25) is 4.79 Å². The van der Waals surface area contributed by atoms with Crippen LogP contribution in [-0.4, -0.2) is 21.5 Å². The summed E-state index contributed by atoms with van der Waals surface area (Å²) in [6.07, 6.45) is 0.645. The molecule has 0 fully saturated rings. The molecule has 0 heterocycles. The second-order valence-corrected chi connectivity index (χ2v) is 3.80. The zero-order chi connectivity index (χ0) is 9.07. The number of rotatable bonds is 3. The number of hydrogen-bond donors (Lipinski definition) is 3. The summed E-state index contributed by atoms with van der Waals surface area (Å²) in [6.45, 7) is 3.48. The molecule has 0 aromatic rings. The summed E-state index contributed by atoms with van der Waals surface area (Å²) < 4.78 is 10.3. The van der Waals surface area contributed by atoms with Crippen molar-refractivity contribution in [1.29, 1.82) is 0 Å². The Morgan fingerprint density at radius 3 is 2.36 bits per heavy atom. The largest absolute Gasteiger partial charge is 0.413 e. The monoisotopic (exact) mass is 181 g/mol. The number of carbonyl (C=O) groups excluding carboxylic acids is 1. The standard InChI is InChI=1S/C5H12NO4P/c1-3-4(2)6-5(7)11(8,9)10/h4H,3H2,1-2H3,(H,6,7)(H2,8,9,10)/t4-/m1/s1. The molecule has 0 aromatic carbocycles. The fourth-order valence-corrected chi connectivity index (χ4v) is 0.785. The average Bonchev–Trinajstić information content (AvgIpc) is 1.85. The SMILES string of the molecule is CC[C@@H](C)NC(=O)P(=O)(O)O. The lowest BCUT2D eigenvalue weighted by atomic mass is 10.3. The molecule has 0 unspecified atom stereocenters. The summed E-state index contributed by atoms with van der Waals surface area (Å²) >= 11 is 0. The third-order valence-corrected chi connectivity index (χ3v) is 1.91. The Hall–Kier alpha value is -0.380. The highest BCUT2D eigenvalue weighted by Gasteiger charge is 2.26. The minimum atomic E-state index is -4.57. The lowest BCUT2D eigenvalue weighted by molar-refractivity contribution is 0.245. The van der Waals surface area contributed by atoms with Gasteiger partial charge < -0.3 is 15.1 Å². The van der Waals surface area contributed by atoms with Crippen LogP contribution in [-0.2, 0) is 4.57 Å². The van der Waals surface area contributed by atoms with Crippen molar-refractivity contribution in [2.75, 3.05) is 0 Å². The molecule has 0 aliphatic carbocycles. The Morgan fingerprint density at radius 2 is 2.09 bits per heavy atom. The highest BCUT2D eigenvalue weighted by atomic mass is 31.2. The van der Waals surface area contributed by atoms with Gasteiger partial charge in [-0.15, -0.1) is 0 Å². The summed E-state index contributed by atoms with van der Waals surface area (Å²) in [4.78, 5) is 27.2. The maximum Gasteiger partial charge on any atom is 0.413 e. The van der Waals surface area contributed by atoms with Crippen LogP contribution in [0.15, 0.2) is 0 Å².